The molecule has 1 aliphatic heterocycles. The molecule has 82 valence electrons. The highest BCUT2D eigenvalue weighted by Gasteiger charge is 2.23. The average Bonchev–Trinajstić information content (AvgIpc) is 2.66. The minimum absolute atomic E-state index is 0.00640. The Morgan fingerprint density at radius 1 is 1.33 bits per heavy atom. The molecule has 2 rings (SSSR count). The molecule has 1 N–H and O–H groups in total. The van der Waals surface area contributed by atoms with Crippen LogP contribution in [0.2, 0.25) is 0 Å². The van der Waals surface area contributed by atoms with Crippen molar-refractivity contribution in [2.75, 3.05) is 13.2 Å². The van der Waals surface area contributed by atoms with Gasteiger partial charge in [0.15, 0.2) is 11.6 Å². The van der Waals surface area contributed by atoms with Gasteiger partial charge in [-0.3, -0.25) is 0 Å². The molecule has 0 fully saturated rings. The van der Waals surface area contributed by atoms with Gasteiger partial charge in [0.2, 0.25) is 0 Å². The zero-order valence-electron chi connectivity index (χ0n) is 8.22. The number of halogens is 2. The van der Waals surface area contributed by atoms with E-state index in [2.05, 4.69) is 0 Å². The van der Waals surface area contributed by atoms with E-state index >= 15 is 0 Å². The first kappa shape index (κ1) is 10.4. The Morgan fingerprint density at radius 3 is 2.87 bits per heavy atom. The Balaban J connectivity index is 2.40. The van der Waals surface area contributed by atoms with Crippen LogP contribution in [-0.2, 0) is 12.8 Å². The summed E-state index contributed by atoms with van der Waals surface area (Å²) in [4.78, 5) is 0. The van der Waals surface area contributed by atoms with Crippen LogP contribution in [0.15, 0.2) is 6.07 Å². The summed E-state index contributed by atoms with van der Waals surface area (Å²) in [6.07, 6.45) is 1.45. The Kier molecular flexibility index (Phi) is 2.86. The third kappa shape index (κ3) is 1.81. The van der Waals surface area contributed by atoms with E-state index in [1.807, 2.05) is 0 Å². The van der Waals surface area contributed by atoms with Gasteiger partial charge in [-0.05, 0) is 18.4 Å². The third-order valence-electron chi connectivity index (χ3n) is 2.58. The van der Waals surface area contributed by atoms with Gasteiger partial charge >= 0.3 is 0 Å². The van der Waals surface area contributed by atoms with Crippen molar-refractivity contribution < 1.29 is 18.6 Å². The molecule has 2 nitrogen and oxygen atoms in total. The second-order valence-corrected chi connectivity index (χ2v) is 3.55. The lowest BCUT2D eigenvalue weighted by Crippen LogP contribution is -2.00. The van der Waals surface area contributed by atoms with Crippen LogP contribution in [0.5, 0.6) is 5.75 Å². The summed E-state index contributed by atoms with van der Waals surface area (Å²) in [6.45, 7) is 0.411. The number of rotatable bonds is 3. The number of aliphatic hydroxyl groups excluding tert-OH is 1. The number of benzene rings is 1. The van der Waals surface area contributed by atoms with Crippen molar-refractivity contribution in [3.8, 4) is 5.75 Å². The molecule has 1 aromatic rings. The van der Waals surface area contributed by atoms with Crippen molar-refractivity contribution in [1.82, 2.24) is 0 Å². The van der Waals surface area contributed by atoms with Gasteiger partial charge in [0.1, 0.15) is 5.82 Å². The fourth-order valence-corrected chi connectivity index (χ4v) is 1.89. The lowest BCUT2D eigenvalue weighted by atomic mass is 10.00. The van der Waals surface area contributed by atoms with E-state index in [0.29, 0.717) is 37.0 Å². The summed E-state index contributed by atoms with van der Waals surface area (Å²) in [6, 6.07) is 0.858. The van der Waals surface area contributed by atoms with E-state index in [1.54, 1.807) is 0 Å². The maximum atomic E-state index is 13.5. The molecule has 0 amide bonds. The maximum Gasteiger partial charge on any atom is 0.168 e. The molecule has 0 atom stereocenters. The number of hydrogen-bond acceptors (Lipinski definition) is 2. The Hall–Kier alpha value is -1.16. The van der Waals surface area contributed by atoms with Crippen molar-refractivity contribution in [1.29, 1.82) is 0 Å². The molecule has 0 saturated carbocycles. The second-order valence-electron chi connectivity index (χ2n) is 3.55. The summed E-state index contributed by atoms with van der Waals surface area (Å²) in [5.74, 6) is -0.984. The first-order valence-electron chi connectivity index (χ1n) is 4.97. The van der Waals surface area contributed by atoms with E-state index in [0.717, 1.165) is 6.07 Å². The van der Waals surface area contributed by atoms with Gasteiger partial charge in [-0.15, -0.1) is 0 Å². The molecule has 1 heterocycles. The molecule has 0 saturated heterocycles. The van der Waals surface area contributed by atoms with Crippen molar-refractivity contribution in [2.45, 2.75) is 19.3 Å². The predicted molar refractivity (Wildman–Crippen MR) is 51.0 cm³/mol. The lowest BCUT2D eigenvalue weighted by molar-refractivity contribution is 0.288. The van der Waals surface area contributed by atoms with Crippen LogP contribution < -0.4 is 4.74 Å². The molecule has 15 heavy (non-hydrogen) atoms. The van der Waals surface area contributed by atoms with E-state index < -0.39 is 11.6 Å². The Labute approximate surface area is 86.5 Å². The predicted octanol–water partition coefficient (Wildman–Crippen LogP) is 1.82. The van der Waals surface area contributed by atoms with Crippen LogP contribution >= 0.6 is 0 Å². The number of aliphatic hydroxyl groups is 1. The van der Waals surface area contributed by atoms with Crippen LogP contribution in [-0.4, -0.2) is 18.3 Å². The lowest BCUT2D eigenvalue weighted by Gasteiger charge is -2.08. The Morgan fingerprint density at radius 2 is 2.13 bits per heavy atom. The van der Waals surface area contributed by atoms with Crippen LogP contribution in [0.4, 0.5) is 8.78 Å². The summed E-state index contributed by atoms with van der Waals surface area (Å²) in [7, 11) is 0. The van der Waals surface area contributed by atoms with Crippen molar-refractivity contribution >= 4 is 0 Å². The van der Waals surface area contributed by atoms with Gasteiger partial charge < -0.3 is 9.84 Å². The smallest absolute Gasteiger partial charge is 0.168 e. The van der Waals surface area contributed by atoms with Crippen molar-refractivity contribution in [3.63, 3.8) is 0 Å². The minimum atomic E-state index is -0.632. The molecule has 1 aliphatic rings. The fourth-order valence-electron chi connectivity index (χ4n) is 1.89. The highest BCUT2D eigenvalue weighted by Crippen LogP contribution is 2.33. The zero-order valence-corrected chi connectivity index (χ0v) is 8.22. The highest BCUT2D eigenvalue weighted by atomic mass is 19.1. The SMILES string of the molecule is OCCCc1c(F)cc(F)c2c1CCO2. The van der Waals surface area contributed by atoms with Crippen LogP contribution in [0.1, 0.15) is 17.5 Å². The first-order chi connectivity index (χ1) is 7.24. The average molecular weight is 214 g/mol. The molecule has 0 bridgehead atoms. The second kappa shape index (κ2) is 4.14. The normalized spacial score (nSPS) is 13.8. The number of hydrogen-bond donors (Lipinski definition) is 1. The quantitative estimate of drug-likeness (QED) is 0.831. The fraction of sp³-hybridized carbons (Fsp3) is 0.455. The third-order valence-corrected chi connectivity index (χ3v) is 2.58. The van der Waals surface area contributed by atoms with Gasteiger partial charge in [0, 0.05) is 24.7 Å². The molecule has 0 unspecified atom stereocenters. The van der Waals surface area contributed by atoms with Crippen molar-refractivity contribution in [2.24, 2.45) is 0 Å². The molecular weight excluding hydrogens is 202 g/mol. The van der Waals surface area contributed by atoms with Gasteiger partial charge in [-0.25, -0.2) is 8.78 Å². The molecule has 1 aromatic carbocycles. The van der Waals surface area contributed by atoms with Crippen molar-refractivity contribution in [3.05, 3.63) is 28.8 Å². The van der Waals surface area contributed by atoms with E-state index in [-0.39, 0.29) is 12.4 Å². The summed E-state index contributed by atoms with van der Waals surface area (Å²) >= 11 is 0. The highest BCUT2D eigenvalue weighted by molar-refractivity contribution is 5.44. The Bertz CT molecular complexity index is 377. The van der Waals surface area contributed by atoms with Gasteiger partial charge in [-0.1, -0.05) is 0 Å². The largest absolute Gasteiger partial charge is 0.490 e. The van der Waals surface area contributed by atoms with Crippen LogP contribution in [0, 0.1) is 11.6 Å². The summed E-state index contributed by atoms with van der Waals surface area (Å²) in [5.41, 5.74) is 1.11. The van der Waals surface area contributed by atoms with E-state index in [4.69, 9.17) is 9.84 Å². The molecule has 0 spiro atoms. The monoisotopic (exact) mass is 214 g/mol. The minimum Gasteiger partial charge on any atom is -0.490 e. The van der Waals surface area contributed by atoms with E-state index in [1.165, 1.54) is 0 Å². The first-order valence-corrected chi connectivity index (χ1v) is 4.97. The molecule has 0 aromatic heterocycles. The van der Waals surface area contributed by atoms with Crippen LogP contribution in [0.25, 0.3) is 0 Å². The van der Waals surface area contributed by atoms with Gasteiger partial charge in [0.05, 0.1) is 6.61 Å². The molecule has 0 radical (unpaired) electrons. The number of ether oxygens (including phenoxy) is 1. The molecule has 4 heteroatoms. The van der Waals surface area contributed by atoms with E-state index in [9.17, 15) is 8.78 Å². The molecular formula is C11H12F2O2. The van der Waals surface area contributed by atoms with Gasteiger partial charge in [-0.2, -0.15) is 0 Å². The molecule has 0 aliphatic carbocycles. The van der Waals surface area contributed by atoms with Gasteiger partial charge in [0.25, 0.3) is 0 Å². The van der Waals surface area contributed by atoms with Crippen LogP contribution in [0.3, 0.4) is 0 Å². The zero-order chi connectivity index (χ0) is 10.8. The summed E-state index contributed by atoms with van der Waals surface area (Å²) in [5, 5.41) is 8.69. The maximum absolute atomic E-state index is 13.5. The standard InChI is InChI=1S/C11H12F2O2/c12-9-6-10(13)11-8(3-5-15-11)7(9)2-1-4-14/h6,14H,1-5H2. The topological polar surface area (TPSA) is 29.5 Å². The number of fused-ring (bicyclic) bond motifs is 1. The summed E-state index contributed by atoms with van der Waals surface area (Å²) < 4.78 is 31.8.